The molecule has 0 heterocycles. The molecule has 0 aliphatic heterocycles. The van der Waals surface area contributed by atoms with Crippen molar-refractivity contribution >= 4 is 11.6 Å². The molecule has 3 nitrogen and oxygen atoms in total. The first-order chi connectivity index (χ1) is 10.1. The van der Waals surface area contributed by atoms with E-state index in [2.05, 4.69) is 5.32 Å². The third-order valence-electron chi connectivity index (χ3n) is 4.16. The zero-order chi connectivity index (χ0) is 15.4. The SMILES string of the molecule is CCN(C(=O)c1cc(F)c(NC)c(F)c1)C1CCCCC1. The lowest BCUT2D eigenvalue weighted by atomic mass is 9.93. The summed E-state index contributed by atoms with van der Waals surface area (Å²) in [5, 5.41) is 2.46. The number of halogens is 2. The summed E-state index contributed by atoms with van der Waals surface area (Å²) >= 11 is 0. The highest BCUT2D eigenvalue weighted by Gasteiger charge is 2.26. The predicted molar refractivity (Wildman–Crippen MR) is 79.5 cm³/mol. The molecule has 0 radical (unpaired) electrons. The Balaban J connectivity index is 2.25. The molecule has 5 heteroatoms. The van der Waals surface area contributed by atoms with Gasteiger partial charge in [0.05, 0.1) is 0 Å². The summed E-state index contributed by atoms with van der Waals surface area (Å²) in [4.78, 5) is 14.3. The molecule has 1 aliphatic rings. The topological polar surface area (TPSA) is 32.3 Å². The van der Waals surface area contributed by atoms with Crippen LogP contribution in [0, 0.1) is 11.6 Å². The number of carbonyl (C=O) groups is 1. The Bertz CT molecular complexity index is 490. The molecule has 0 spiro atoms. The Hall–Kier alpha value is -1.65. The minimum Gasteiger partial charge on any atom is -0.383 e. The van der Waals surface area contributed by atoms with Crippen molar-refractivity contribution in [3.8, 4) is 0 Å². The second-order valence-electron chi connectivity index (χ2n) is 5.45. The monoisotopic (exact) mass is 296 g/mol. The molecule has 1 aliphatic carbocycles. The zero-order valence-corrected chi connectivity index (χ0v) is 12.6. The predicted octanol–water partition coefficient (Wildman–Crippen LogP) is 3.80. The Morgan fingerprint density at radius 1 is 1.24 bits per heavy atom. The van der Waals surface area contributed by atoms with Crippen LogP contribution in [0.15, 0.2) is 12.1 Å². The Kier molecular flexibility index (Phi) is 5.15. The van der Waals surface area contributed by atoms with Crippen molar-refractivity contribution < 1.29 is 13.6 Å². The Morgan fingerprint density at radius 3 is 2.29 bits per heavy atom. The van der Waals surface area contributed by atoms with Gasteiger partial charge in [0.1, 0.15) is 17.3 Å². The van der Waals surface area contributed by atoms with Gasteiger partial charge in [0.25, 0.3) is 5.91 Å². The molecule has 1 aromatic rings. The second kappa shape index (κ2) is 6.87. The molecule has 116 valence electrons. The fourth-order valence-corrected chi connectivity index (χ4v) is 3.06. The first-order valence-corrected chi connectivity index (χ1v) is 7.56. The average molecular weight is 296 g/mol. The quantitative estimate of drug-likeness (QED) is 0.916. The van der Waals surface area contributed by atoms with Gasteiger partial charge >= 0.3 is 0 Å². The van der Waals surface area contributed by atoms with Gasteiger partial charge in [-0.15, -0.1) is 0 Å². The van der Waals surface area contributed by atoms with Crippen molar-refractivity contribution in [1.82, 2.24) is 4.90 Å². The Labute approximate surface area is 124 Å². The van der Waals surface area contributed by atoms with Crippen LogP contribution in [0.5, 0.6) is 0 Å². The van der Waals surface area contributed by atoms with Crippen LogP contribution in [0.3, 0.4) is 0 Å². The van der Waals surface area contributed by atoms with E-state index in [1.807, 2.05) is 6.92 Å². The number of nitrogens with one attached hydrogen (secondary N) is 1. The molecule has 1 aromatic carbocycles. The van der Waals surface area contributed by atoms with E-state index in [1.54, 1.807) is 4.90 Å². The van der Waals surface area contributed by atoms with Crippen LogP contribution in [-0.2, 0) is 0 Å². The van der Waals surface area contributed by atoms with Crippen LogP contribution in [0.25, 0.3) is 0 Å². The van der Waals surface area contributed by atoms with E-state index in [0.717, 1.165) is 37.8 Å². The first kappa shape index (κ1) is 15.7. The van der Waals surface area contributed by atoms with Crippen molar-refractivity contribution in [2.24, 2.45) is 0 Å². The fourth-order valence-electron chi connectivity index (χ4n) is 3.06. The number of carbonyl (C=O) groups excluding carboxylic acids is 1. The second-order valence-corrected chi connectivity index (χ2v) is 5.45. The third kappa shape index (κ3) is 3.34. The third-order valence-corrected chi connectivity index (χ3v) is 4.16. The highest BCUT2D eigenvalue weighted by molar-refractivity contribution is 5.95. The molecule has 0 bridgehead atoms. The molecule has 0 aromatic heterocycles. The fraction of sp³-hybridized carbons (Fsp3) is 0.562. The van der Waals surface area contributed by atoms with E-state index in [0.29, 0.717) is 6.54 Å². The van der Waals surface area contributed by atoms with Gasteiger partial charge in [0.2, 0.25) is 0 Å². The van der Waals surface area contributed by atoms with Crippen LogP contribution in [0.4, 0.5) is 14.5 Å². The molecule has 1 amide bonds. The maximum Gasteiger partial charge on any atom is 0.254 e. The number of anilines is 1. The standard InChI is InChI=1S/C16H22F2N2O/c1-3-20(12-7-5-4-6-8-12)16(21)11-9-13(17)15(19-2)14(18)10-11/h9-10,12,19H,3-8H2,1-2H3. The highest BCUT2D eigenvalue weighted by atomic mass is 19.1. The summed E-state index contributed by atoms with van der Waals surface area (Å²) in [6.45, 7) is 2.46. The van der Waals surface area contributed by atoms with Crippen molar-refractivity contribution in [1.29, 1.82) is 0 Å². The van der Waals surface area contributed by atoms with Gasteiger partial charge in [-0.25, -0.2) is 8.78 Å². The number of nitrogens with zero attached hydrogens (tertiary/aromatic N) is 1. The van der Waals surface area contributed by atoms with Gasteiger partial charge in [-0.3, -0.25) is 4.79 Å². The minimum atomic E-state index is -0.736. The van der Waals surface area contributed by atoms with Gasteiger partial charge < -0.3 is 10.2 Å². The lowest BCUT2D eigenvalue weighted by Gasteiger charge is -2.33. The Morgan fingerprint density at radius 2 is 1.81 bits per heavy atom. The maximum atomic E-state index is 13.8. The molecule has 0 atom stereocenters. The molecule has 2 rings (SSSR count). The zero-order valence-electron chi connectivity index (χ0n) is 12.6. The summed E-state index contributed by atoms with van der Waals surface area (Å²) < 4.78 is 27.6. The van der Waals surface area contributed by atoms with Gasteiger partial charge in [-0.1, -0.05) is 19.3 Å². The summed E-state index contributed by atoms with van der Waals surface area (Å²) in [5.41, 5.74) is -0.122. The van der Waals surface area contributed by atoms with E-state index < -0.39 is 11.6 Å². The summed E-state index contributed by atoms with van der Waals surface area (Å²) in [6, 6.07) is 2.41. The largest absolute Gasteiger partial charge is 0.383 e. The van der Waals surface area contributed by atoms with E-state index in [-0.39, 0.29) is 23.2 Å². The van der Waals surface area contributed by atoms with Crippen LogP contribution in [-0.4, -0.2) is 30.4 Å². The van der Waals surface area contributed by atoms with Crippen molar-refractivity contribution in [3.05, 3.63) is 29.3 Å². The molecule has 1 N–H and O–H groups in total. The molecule has 0 saturated heterocycles. The summed E-state index contributed by atoms with van der Waals surface area (Å²) in [7, 11) is 1.45. The van der Waals surface area contributed by atoms with Gasteiger partial charge in [0, 0.05) is 25.2 Å². The molecule has 21 heavy (non-hydrogen) atoms. The molecule has 1 saturated carbocycles. The van der Waals surface area contributed by atoms with Crippen molar-refractivity contribution in [2.75, 3.05) is 18.9 Å². The van der Waals surface area contributed by atoms with Gasteiger partial charge in [0.15, 0.2) is 0 Å². The van der Waals surface area contributed by atoms with Gasteiger partial charge in [-0.2, -0.15) is 0 Å². The lowest BCUT2D eigenvalue weighted by molar-refractivity contribution is 0.0647. The normalized spacial score (nSPS) is 15.8. The van der Waals surface area contributed by atoms with E-state index >= 15 is 0 Å². The number of amides is 1. The first-order valence-electron chi connectivity index (χ1n) is 7.56. The smallest absolute Gasteiger partial charge is 0.254 e. The van der Waals surface area contributed by atoms with E-state index in [4.69, 9.17) is 0 Å². The molecular formula is C16H22F2N2O. The maximum absolute atomic E-state index is 13.8. The van der Waals surface area contributed by atoms with Crippen LogP contribution in [0.2, 0.25) is 0 Å². The van der Waals surface area contributed by atoms with E-state index in [9.17, 15) is 13.6 Å². The molecule has 0 unspecified atom stereocenters. The van der Waals surface area contributed by atoms with Crippen LogP contribution < -0.4 is 5.32 Å². The average Bonchev–Trinajstić information content (AvgIpc) is 2.48. The van der Waals surface area contributed by atoms with Crippen LogP contribution >= 0.6 is 0 Å². The van der Waals surface area contributed by atoms with Gasteiger partial charge in [-0.05, 0) is 31.9 Å². The number of hydrogen-bond acceptors (Lipinski definition) is 2. The minimum absolute atomic E-state index is 0.0800. The summed E-state index contributed by atoms with van der Waals surface area (Å²) in [6.07, 6.45) is 5.35. The summed E-state index contributed by atoms with van der Waals surface area (Å²) in [5.74, 6) is -1.76. The van der Waals surface area contributed by atoms with E-state index in [1.165, 1.54) is 13.5 Å². The molecular weight excluding hydrogens is 274 g/mol. The molecule has 1 fully saturated rings. The lowest BCUT2D eigenvalue weighted by Crippen LogP contribution is -2.41. The number of rotatable bonds is 4. The van der Waals surface area contributed by atoms with Crippen molar-refractivity contribution in [2.45, 2.75) is 45.1 Å². The highest BCUT2D eigenvalue weighted by Crippen LogP contribution is 2.26. The van der Waals surface area contributed by atoms with Crippen LogP contribution in [0.1, 0.15) is 49.4 Å². The number of benzene rings is 1. The van der Waals surface area contributed by atoms with Crippen molar-refractivity contribution in [3.63, 3.8) is 0 Å². The number of hydrogen-bond donors (Lipinski definition) is 1.